The van der Waals surface area contributed by atoms with Gasteiger partial charge in [0.1, 0.15) is 11.2 Å². The van der Waals surface area contributed by atoms with E-state index in [-0.39, 0.29) is 0 Å². The van der Waals surface area contributed by atoms with E-state index in [1.807, 2.05) is 39.8 Å². The van der Waals surface area contributed by atoms with Gasteiger partial charge in [-0.2, -0.15) is 9.78 Å². The molecule has 0 bridgehead atoms. The van der Waals surface area contributed by atoms with Crippen molar-refractivity contribution >= 4 is 0 Å². The molecule has 0 N–H and O–H groups in total. The van der Waals surface area contributed by atoms with E-state index in [1.54, 1.807) is 0 Å². The lowest BCUT2D eigenvalue weighted by Gasteiger charge is -2.24. The predicted molar refractivity (Wildman–Crippen MR) is 154 cm³/mol. The minimum Gasteiger partial charge on any atom is -0.198 e. The summed E-state index contributed by atoms with van der Waals surface area (Å²) in [6, 6.07) is 37.6. The lowest BCUT2D eigenvalue weighted by molar-refractivity contribution is -0.726. The lowest BCUT2D eigenvalue weighted by atomic mass is 9.93. The Kier molecular flexibility index (Phi) is 10.0. The minimum absolute atomic E-state index is 0.607. The Bertz CT molecular complexity index is 1180. The first-order valence-electron chi connectivity index (χ1n) is 13.5. The summed E-state index contributed by atoms with van der Waals surface area (Å²) in [7, 11) is 0. The van der Waals surface area contributed by atoms with Crippen molar-refractivity contribution in [3.63, 3.8) is 0 Å². The zero-order chi connectivity index (χ0) is 27.6. The van der Waals surface area contributed by atoms with E-state index >= 15 is 0 Å². The van der Waals surface area contributed by atoms with Crippen molar-refractivity contribution in [3.8, 4) is 22.3 Å². The standard InChI is InChI=1S/C34H38O5/c1-33(2,25-23-29-19-11-13-21-31(29)27-15-7-5-8-16-27)35-37-39-38-36-34(3,4)26-24-30-20-12-14-22-32(30)28-17-9-6-10-18-28/h5-22H,23-26H2,1-4H3. The normalized spacial score (nSPS) is 12.0. The van der Waals surface area contributed by atoms with Crippen molar-refractivity contribution in [2.75, 3.05) is 0 Å². The predicted octanol–water partition coefficient (Wildman–Crippen LogP) is 8.89. The van der Waals surface area contributed by atoms with Crippen molar-refractivity contribution in [3.05, 3.63) is 120 Å². The molecule has 4 aromatic rings. The summed E-state index contributed by atoms with van der Waals surface area (Å²) >= 11 is 0. The topological polar surface area (TPSA) is 46.2 Å². The van der Waals surface area contributed by atoms with E-state index in [2.05, 4.69) is 97.1 Å². The molecule has 0 heterocycles. The quantitative estimate of drug-likeness (QED) is 0.0933. The van der Waals surface area contributed by atoms with Gasteiger partial charge in [-0.3, -0.25) is 0 Å². The van der Waals surface area contributed by atoms with Crippen molar-refractivity contribution < 1.29 is 24.9 Å². The molecule has 5 heteroatoms. The zero-order valence-electron chi connectivity index (χ0n) is 23.3. The first-order valence-corrected chi connectivity index (χ1v) is 13.5. The molecule has 0 radical (unpaired) electrons. The average Bonchev–Trinajstić information content (AvgIpc) is 2.96. The highest BCUT2D eigenvalue weighted by Gasteiger charge is 2.24. The molecule has 204 valence electrons. The van der Waals surface area contributed by atoms with Gasteiger partial charge in [0.2, 0.25) is 0 Å². The molecule has 0 amide bonds. The Labute approximate surface area is 232 Å². The van der Waals surface area contributed by atoms with Crippen LogP contribution in [0, 0.1) is 0 Å². The molecule has 4 rings (SSSR count). The molecule has 0 saturated carbocycles. The maximum atomic E-state index is 5.48. The molecular formula is C34H38O5. The van der Waals surface area contributed by atoms with Gasteiger partial charge < -0.3 is 0 Å². The Morgan fingerprint density at radius 3 is 1.21 bits per heavy atom. The minimum atomic E-state index is -0.607. The van der Waals surface area contributed by atoms with E-state index in [1.165, 1.54) is 33.4 Å². The number of aryl methyl sites for hydroxylation is 2. The second-order valence-corrected chi connectivity index (χ2v) is 10.9. The van der Waals surface area contributed by atoms with Crippen LogP contribution < -0.4 is 0 Å². The molecule has 5 nitrogen and oxygen atoms in total. The van der Waals surface area contributed by atoms with E-state index in [4.69, 9.17) is 24.9 Å². The third kappa shape index (κ3) is 8.85. The lowest BCUT2D eigenvalue weighted by Crippen LogP contribution is -2.28. The van der Waals surface area contributed by atoms with E-state index in [0.29, 0.717) is 12.8 Å². The molecule has 0 saturated heterocycles. The fourth-order valence-electron chi connectivity index (χ4n) is 4.45. The van der Waals surface area contributed by atoms with Crippen LogP contribution in [-0.2, 0) is 37.7 Å². The van der Waals surface area contributed by atoms with Gasteiger partial charge in [0, 0.05) is 0 Å². The second kappa shape index (κ2) is 13.7. The fraction of sp³-hybridized carbons (Fsp3) is 0.294. The van der Waals surface area contributed by atoms with Crippen LogP contribution >= 0.6 is 0 Å². The van der Waals surface area contributed by atoms with Crippen LogP contribution in [0.5, 0.6) is 0 Å². The number of hydrogen-bond donors (Lipinski definition) is 0. The van der Waals surface area contributed by atoms with Crippen molar-refractivity contribution in [2.45, 2.75) is 64.6 Å². The molecule has 0 spiro atoms. The summed E-state index contributed by atoms with van der Waals surface area (Å²) in [5.74, 6) is 0. The summed E-state index contributed by atoms with van der Waals surface area (Å²) in [5.41, 5.74) is 6.11. The van der Waals surface area contributed by atoms with Crippen LogP contribution in [0.2, 0.25) is 0 Å². The van der Waals surface area contributed by atoms with Crippen LogP contribution in [0.25, 0.3) is 22.3 Å². The highest BCUT2D eigenvalue weighted by Crippen LogP contribution is 2.28. The largest absolute Gasteiger partial charge is 0.198 e. The maximum absolute atomic E-state index is 5.48. The summed E-state index contributed by atoms with van der Waals surface area (Å²) in [6.07, 6.45) is 3.06. The van der Waals surface area contributed by atoms with Crippen molar-refractivity contribution in [2.24, 2.45) is 0 Å². The molecule has 0 aliphatic heterocycles. The first-order chi connectivity index (χ1) is 18.8. The van der Waals surface area contributed by atoms with Crippen molar-refractivity contribution in [1.82, 2.24) is 0 Å². The van der Waals surface area contributed by atoms with E-state index in [0.717, 1.165) is 12.8 Å². The first kappa shape index (κ1) is 28.7. The number of benzene rings is 4. The summed E-state index contributed by atoms with van der Waals surface area (Å²) in [4.78, 5) is 11.0. The van der Waals surface area contributed by atoms with Gasteiger partial charge in [0.15, 0.2) is 0 Å². The van der Waals surface area contributed by atoms with Gasteiger partial charge in [-0.1, -0.05) is 109 Å². The van der Waals surface area contributed by atoms with E-state index in [9.17, 15) is 0 Å². The summed E-state index contributed by atoms with van der Waals surface area (Å²) in [5, 5.41) is 14.5. The van der Waals surface area contributed by atoms with Crippen LogP contribution in [0.1, 0.15) is 51.7 Å². The summed E-state index contributed by atoms with van der Waals surface area (Å²) < 4.78 is 0. The third-order valence-electron chi connectivity index (χ3n) is 6.77. The van der Waals surface area contributed by atoms with Crippen LogP contribution in [-0.4, -0.2) is 11.2 Å². The highest BCUT2D eigenvalue weighted by atomic mass is 17.8. The average molecular weight is 527 g/mol. The highest BCUT2D eigenvalue weighted by molar-refractivity contribution is 5.68. The number of rotatable bonds is 14. The molecular weight excluding hydrogens is 488 g/mol. The Balaban J connectivity index is 1.20. The van der Waals surface area contributed by atoms with Gasteiger partial charge in [-0.25, -0.2) is 0 Å². The summed E-state index contributed by atoms with van der Waals surface area (Å²) in [6.45, 7) is 7.76. The Hall–Kier alpha value is -3.32. The van der Waals surface area contributed by atoms with Gasteiger partial charge in [-0.05, 0) is 102 Å². The maximum Gasteiger partial charge on any atom is 0.102 e. The van der Waals surface area contributed by atoms with Gasteiger partial charge in [0.05, 0.1) is 0 Å². The molecule has 0 fully saturated rings. The molecule has 4 aromatic carbocycles. The van der Waals surface area contributed by atoms with Gasteiger partial charge >= 0.3 is 0 Å². The molecule has 39 heavy (non-hydrogen) atoms. The second-order valence-electron chi connectivity index (χ2n) is 10.9. The Morgan fingerprint density at radius 2 is 0.795 bits per heavy atom. The Morgan fingerprint density at radius 1 is 0.436 bits per heavy atom. The molecule has 0 atom stereocenters. The molecule has 0 aliphatic rings. The molecule has 0 aromatic heterocycles. The van der Waals surface area contributed by atoms with Gasteiger partial charge in [-0.15, -0.1) is 0 Å². The smallest absolute Gasteiger partial charge is 0.102 e. The fourth-order valence-corrected chi connectivity index (χ4v) is 4.45. The van der Waals surface area contributed by atoms with Crippen LogP contribution in [0.4, 0.5) is 0 Å². The van der Waals surface area contributed by atoms with Crippen LogP contribution in [0.15, 0.2) is 109 Å². The van der Waals surface area contributed by atoms with Gasteiger partial charge in [0.25, 0.3) is 0 Å². The SMILES string of the molecule is CC(C)(CCc1ccccc1-c1ccccc1)OOOOOC(C)(C)CCc1ccccc1-c1ccccc1. The number of hydrogen-bond acceptors (Lipinski definition) is 5. The van der Waals surface area contributed by atoms with Crippen molar-refractivity contribution in [1.29, 1.82) is 0 Å². The molecule has 0 aliphatic carbocycles. The third-order valence-corrected chi connectivity index (χ3v) is 6.77. The zero-order valence-corrected chi connectivity index (χ0v) is 23.3. The molecule has 0 unspecified atom stereocenters. The van der Waals surface area contributed by atoms with Crippen LogP contribution in [0.3, 0.4) is 0 Å². The van der Waals surface area contributed by atoms with E-state index < -0.39 is 11.2 Å². The monoisotopic (exact) mass is 526 g/mol.